The molecule has 0 bridgehead atoms. The number of carbonyl (C=O) groups excluding carboxylic acids is 3. The maximum absolute atomic E-state index is 13.1. The molecule has 3 amide bonds. The number of rotatable bonds is 18. The first-order valence-electron chi connectivity index (χ1n) is 14.8. The van der Waals surface area contributed by atoms with Gasteiger partial charge in [0, 0.05) is 19.5 Å². The second-order valence-electron chi connectivity index (χ2n) is 10.6. The molecule has 13 heteroatoms. The molecule has 0 aliphatic carbocycles. The van der Waals surface area contributed by atoms with Gasteiger partial charge in [0.25, 0.3) is 11.8 Å². The van der Waals surface area contributed by atoms with E-state index in [0.29, 0.717) is 37.1 Å². The Morgan fingerprint density at radius 1 is 0.889 bits per heavy atom. The quantitative estimate of drug-likeness (QED) is 0.0535. The van der Waals surface area contributed by atoms with E-state index in [2.05, 4.69) is 22.5 Å². The number of hydrogen-bond acceptors (Lipinski definition) is 7. The number of benzene rings is 2. The van der Waals surface area contributed by atoms with Crippen LogP contribution in [0.25, 0.3) is 0 Å². The maximum Gasteiger partial charge on any atom is 0.335 e. The molecule has 3 aromatic rings. The van der Waals surface area contributed by atoms with E-state index >= 15 is 0 Å². The average molecular weight is 622 g/mol. The van der Waals surface area contributed by atoms with E-state index in [-0.39, 0.29) is 30.9 Å². The lowest BCUT2D eigenvalue weighted by Crippen LogP contribution is -2.48. The van der Waals surface area contributed by atoms with Crippen molar-refractivity contribution < 1.29 is 39.4 Å². The van der Waals surface area contributed by atoms with Crippen LogP contribution in [0.5, 0.6) is 0 Å². The first-order chi connectivity index (χ1) is 21.6. The standard InChI is InChI=1S/C32H39N5O8/c1-2-3-12-27-34-19-26(37(27)20-22-13-15-23(16-14-22)31(41)42)30(40)33-17-8-7-11-25(32(43)44)35-28(38)24(29(39)36-45)18-21-9-5-4-6-10-21/h4-6,9-10,13-16,19,24-25,45H,2-3,7-8,11-12,17-18,20H2,1H3,(H,33,40)(H,35,38)(H,36,39)(H,41,42)(H,43,44)/t24?,25-/m0/s1. The van der Waals surface area contributed by atoms with Gasteiger partial charge >= 0.3 is 11.9 Å². The Morgan fingerprint density at radius 3 is 2.22 bits per heavy atom. The van der Waals surface area contributed by atoms with Gasteiger partial charge in [-0.3, -0.25) is 19.6 Å². The Bertz CT molecular complexity index is 1460. The SMILES string of the molecule is CCCCc1ncc(C(=O)NCCCC[C@H](NC(=O)C(Cc2ccccc2)C(=O)NO)C(=O)O)n1Cc1ccc(C(=O)O)cc1. The van der Waals surface area contributed by atoms with Gasteiger partial charge in [-0.1, -0.05) is 55.8 Å². The van der Waals surface area contributed by atoms with Crippen LogP contribution in [0.4, 0.5) is 0 Å². The van der Waals surface area contributed by atoms with Crippen LogP contribution in [0.2, 0.25) is 0 Å². The summed E-state index contributed by atoms with van der Waals surface area (Å²) in [4.78, 5) is 65.6. The second-order valence-corrected chi connectivity index (χ2v) is 10.6. The van der Waals surface area contributed by atoms with Gasteiger partial charge in [-0.05, 0) is 55.4 Å². The highest BCUT2D eigenvalue weighted by Gasteiger charge is 2.30. The van der Waals surface area contributed by atoms with Gasteiger partial charge in [-0.15, -0.1) is 0 Å². The Balaban J connectivity index is 1.56. The van der Waals surface area contributed by atoms with Gasteiger partial charge in [0.1, 0.15) is 23.5 Å². The number of hydroxylamine groups is 1. The minimum absolute atomic E-state index is 0.0260. The summed E-state index contributed by atoms with van der Waals surface area (Å²) in [7, 11) is 0. The fourth-order valence-corrected chi connectivity index (χ4v) is 4.77. The number of aromatic carboxylic acids is 1. The highest BCUT2D eigenvalue weighted by atomic mass is 16.5. The van der Waals surface area contributed by atoms with Crippen LogP contribution in [0.15, 0.2) is 60.8 Å². The van der Waals surface area contributed by atoms with E-state index in [0.717, 1.165) is 24.2 Å². The summed E-state index contributed by atoms with van der Waals surface area (Å²) in [5, 5.41) is 33.2. The third-order valence-electron chi connectivity index (χ3n) is 7.31. The Labute approximate surface area is 260 Å². The summed E-state index contributed by atoms with van der Waals surface area (Å²) in [6.07, 6.45) is 4.81. The van der Waals surface area contributed by atoms with Crippen molar-refractivity contribution in [1.82, 2.24) is 25.7 Å². The zero-order valence-corrected chi connectivity index (χ0v) is 25.1. The lowest BCUT2D eigenvalue weighted by molar-refractivity contribution is -0.146. The van der Waals surface area contributed by atoms with Crippen molar-refractivity contribution in [2.75, 3.05) is 6.54 Å². The molecule has 0 fully saturated rings. The molecule has 3 rings (SSSR count). The number of carboxylic acid groups (broad SMARTS) is 2. The van der Waals surface area contributed by atoms with Crippen molar-refractivity contribution in [3.8, 4) is 0 Å². The normalized spacial score (nSPS) is 12.1. The molecule has 1 unspecified atom stereocenters. The van der Waals surface area contributed by atoms with Crippen molar-refractivity contribution in [3.05, 3.63) is 89.0 Å². The van der Waals surface area contributed by atoms with Crippen LogP contribution in [0.3, 0.4) is 0 Å². The molecule has 0 saturated heterocycles. The van der Waals surface area contributed by atoms with Crippen molar-refractivity contribution in [1.29, 1.82) is 0 Å². The minimum Gasteiger partial charge on any atom is -0.480 e. The van der Waals surface area contributed by atoms with Gasteiger partial charge in [-0.25, -0.2) is 20.1 Å². The highest BCUT2D eigenvalue weighted by molar-refractivity contribution is 6.01. The minimum atomic E-state index is -1.33. The summed E-state index contributed by atoms with van der Waals surface area (Å²) in [5.74, 6) is -5.00. The number of aryl methyl sites for hydroxylation is 1. The molecule has 6 N–H and O–H groups in total. The third-order valence-corrected chi connectivity index (χ3v) is 7.31. The second kappa shape index (κ2) is 17.3. The molecule has 1 heterocycles. The van der Waals surface area contributed by atoms with Crippen LogP contribution in [-0.4, -0.2) is 67.2 Å². The molecular weight excluding hydrogens is 582 g/mol. The van der Waals surface area contributed by atoms with Crippen molar-refractivity contribution >= 4 is 29.7 Å². The molecule has 1 aromatic heterocycles. The van der Waals surface area contributed by atoms with Crippen LogP contribution in [0, 0.1) is 5.92 Å². The van der Waals surface area contributed by atoms with E-state index in [1.54, 1.807) is 42.5 Å². The topological polar surface area (TPSA) is 200 Å². The fraction of sp³-hybridized carbons (Fsp3) is 0.375. The van der Waals surface area contributed by atoms with Gasteiger partial charge < -0.3 is 25.4 Å². The number of unbranched alkanes of at least 4 members (excludes halogenated alkanes) is 2. The lowest BCUT2D eigenvalue weighted by Gasteiger charge is -2.19. The predicted octanol–water partition coefficient (Wildman–Crippen LogP) is 2.81. The van der Waals surface area contributed by atoms with Crippen LogP contribution < -0.4 is 16.1 Å². The van der Waals surface area contributed by atoms with E-state index in [1.807, 2.05) is 4.57 Å². The van der Waals surface area contributed by atoms with E-state index < -0.39 is 35.7 Å². The fourth-order valence-electron chi connectivity index (χ4n) is 4.77. The molecule has 0 spiro atoms. The third kappa shape index (κ3) is 10.3. The molecule has 240 valence electrons. The summed E-state index contributed by atoms with van der Waals surface area (Å²) in [6, 6.07) is 13.8. The number of nitrogens with one attached hydrogen (secondary N) is 3. The monoisotopic (exact) mass is 621 g/mol. The first-order valence-corrected chi connectivity index (χ1v) is 14.8. The first kappa shape index (κ1) is 34.5. The zero-order valence-electron chi connectivity index (χ0n) is 25.1. The Kier molecular flexibility index (Phi) is 13.2. The number of carboxylic acids is 2. The summed E-state index contributed by atoms with van der Waals surface area (Å²) in [5.41, 5.74) is 3.47. The van der Waals surface area contributed by atoms with Crippen LogP contribution in [-0.2, 0) is 33.8 Å². The molecule has 2 aromatic carbocycles. The zero-order chi connectivity index (χ0) is 32.8. The molecule has 45 heavy (non-hydrogen) atoms. The van der Waals surface area contributed by atoms with Crippen molar-refractivity contribution in [3.63, 3.8) is 0 Å². The Hall–Kier alpha value is -5.04. The molecule has 0 aliphatic heterocycles. The van der Waals surface area contributed by atoms with E-state index in [1.165, 1.54) is 23.8 Å². The molecule has 13 nitrogen and oxygen atoms in total. The Morgan fingerprint density at radius 2 is 1.60 bits per heavy atom. The van der Waals surface area contributed by atoms with Gasteiger partial charge in [-0.2, -0.15) is 0 Å². The number of carbonyl (C=O) groups is 5. The summed E-state index contributed by atoms with van der Waals surface area (Å²) < 4.78 is 1.81. The highest BCUT2D eigenvalue weighted by Crippen LogP contribution is 2.15. The van der Waals surface area contributed by atoms with Crippen LogP contribution in [0.1, 0.15) is 76.8 Å². The molecule has 0 saturated carbocycles. The number of nitrogens with zero attached hydrogens (tertiary/aromatic N) is 2. The van der Waals surface area contributed by atoms with Crippen molar-refractivity contribution in [2.24, 2.45) is 5.92 Å². The maximum atomic E-state index is 13.1. The summed E-state index contributed by atoms with van der Waals surface area (Å²) >= 11 is 0. The number of amides is 3. The number of hydrogen-bond donors (Lipinski definition) is 6. The predicted molar refractivity (Wildman–Crippen MR) is 163 cm³/mol. The molecular formula is C32H39N5O8. The molecule has 0 aliphatic rings. The number of imidazole rings is 1. The van der Waals surface area contributed by atoms with Gasteiger partial charge in [0.2, 0.25) is 5.91 Å². The van der Waals surface area contributed by atoms with E-state index in [4.69, 9.17) is 10.3 Å². The van der Waals surface area contributed by atoms with Gasteiger partial charge in [0.05, 0.1) is 11.8 Å². The molecule has 2 atom stereocenters. The van der Waals surface area contributed by atoms with Crippen molar-refractivity contribution in [2.45, 2.75) is 64.5 Å². The van der Waals surface area contributed by atoms with Crippen LogP contribution >= 0.6 is 0 Å². The summed E-state index contributed by atoms with van der Waals surface area (Å²) in [6.45, 7) is 2.63. The number of aliphatic carboxylic acids is 1. The number of aromatic nitrogens is 2. The lowest BCUT2D eigenvalue weighted by atomic mass is 9.97. The van der Waals surface area contributed by atoms with Gasteiger partial charge in [0.15, 0.2) is 0 Å². The largest absolute Gasteiger partial charge is 0.480 e. The van der Waals surface area contributed by atoms with E-state index in [9.17, 15) is 29.1 Å². The molecule has 0 radical (unpaired) electrons. The average Bonchev–Trinajstić information content (AvgIpc) is 3.43. The smallest absolute Gasteiger partial charge is 0.335 e.